The molecule has 3 nitrogen and oxygen atoms in total. The van der Waals surface area contributed by atoms with E-state index in [-0.39, 0.29) is 0 Å². The molecular weight excluding hydrogens is 174 g/mol. The minimum atomic E-state index is 0.720. The monoisotopic (exact) mass is 197 g/mol. The molecule has 82 valence electrons. The quantitative estimate of drug-likeness (QED) is 0.684. The maximum absolute atomic E-state index is 3.65. The highest BCUT2D eigenvalue weighted by Crippen LogP contribution is 2.11. The van der Waals surface area contributed by atoms with Crippen molar-refractivity contribution in [1.82, 2.24) is 15.5 Å². The third kappa shape index (κ3) is 2.69. The molecule has 0 aromatic rings. The molecule has 2 fully saturated rings. The molecule has 0 bridgehead atoms. The third-order valence-corrected chi connectivity index (χ3v) is 3.53. The predicted octanol–water partition coefficient (Wildman–Crippen LogP) is 0.422. The fraction of sp³-hybridized carbons (Fsp3) is 1.00. The van der Waals surface area contributed by atoms with Crippen LogP contribution >= 0.6 is 0 Å². The van der Waals surface area contributed by atoms with Crippen molar-refractivity contribution < 1.29 is 0 Å². The second-order valence-corrected chi connectivity index (χ2v) is 4.69. The van der Waals surface area contributed by atoms with Crippen LogP contribution in [-0.2, 0) is 0 Å². The van der Waals surface area contributed by atoms with Crippen LogP contribution in [0.3, 0.4) is 0 Å². The van der Waals surface area contributed by atoms with Crippen LogP contribution < -0.4 is 10.6 Å². The van der Waals surface area contributed by atoms with Crippen molar-refractivity contribution in [2.24, 2.45) is 0 Å². The average Bonchev–Trinajstić information content (AvgIpc) is 2.87. The molecule has 0 aliphatic carbocycles. The Hall–Kier alpha value is -0.120. The molecule has 2 rings (SSSR count). The van der Waals surface area contributed by atoms with Gasteiger partial charge in [-0.15, -0.1) is 0 Å². The first-order valence-electron chi connectivity index (χ1n) is 6.04. The summed E-state index contributed by atoms with van der Waals surface area (Å²) in [5.41, 5.74) is 0. The van der Waals surface area contributed by atoms with Crippen molar-refractivity contribution in [3.8, 4) is 0 Å². The molecule has 0 aromatic heterocycles. The smallest absolute Gasteiger partial charge is 0.0205 e. The Morgan fingerprint density at radius 3 is 2.86 bits per heavy atom. The summed E-state index contributed by atoms with van der Waals surface area (Å²) in [6, 6.07) is 1.44. The van der Waals surface area contributed by atoms with Gasteiger partial charge in [-0.2, -0.15) is 0 Å². The maximum atomic E-state index is 3.65. The highest BCUT2D eigenvalue weighted by atomic mass is 15.2. The lowest BCUT2D eigenvalue weighted by Gasteiger charge is -2.25. The molecule has 0 amide bonds. The molecule has 2 aliphatic rings. The van der Waals surface area contributed by atoms with Gasteiger partial charge in [-0.05, 0) is 45.8 Å². The van der Waals surface area contributed by atoms with Crippen LogP contribution in [0.15, 0.2) is 0 Å². The third-order valence-electron chi connectivity index (χ3n) is 3.53. The fourth-order valence-electron chi connectivity index (χ4n) is 2.48. The van der Waals surface area contributed by atoms with Crippen LogP contribution in [0.2, 0.25) is 0 Å². The first kappa shape index (κ1) is 10.4. The van der Waals surface area contributed by atoms with E-state index in [1.165, 1.54) is 38.9 Å². The number of hydrogen-bond acceptors (Lipinski definition) is 3. The van der Waals surface area contributed by atoms with Crippen molar-refractivity contribution in [3.63, 3.8) is 0 Å². The molecule has 2 atom stereocenters. The highest BCUT2D eigenvalue weighted by Gasteiger charge is 2.19. The molecule has 0 spiro atoms. The summed E-state index contributed by atoms with van der Waals surface area (Å²) in [6.45, 7) is 8.48. The number of hydrogen-bond donors (Lipinski definition) is 2. The van der Waals surface area contributed by atoms with Crippen molar-refractivity contribution in [1.29, 1.82) is 0 Å². The number of likely N-dealkylation sites (tertiary alicyclic amines) is 1. The summed E-state index contributed by atoms with van der Waals surface area (Å²) >= 11 is 0. The van der Waals surface area contributed by atoms with Crippen molar-refractivity contribution >= 4 is 0 Å². The van der Waals surface area contributed by atoms with E-state index in [1.54, 1.807) is 0 Å². The lowest BCUT2D eigenvalue weighted by atomic mass is 10.2. The largest absolute Gasteiger partial charge is 0.315 e. The number of nitrogens with one attached hydrogen (secondary N) is 2. The van der Waals surface area contributed by atoms with E-state index in [0.717, 1.165) is 25.2 Å². The zero-order chi connectivity index (χ0) is 9.80. The number of nitrogens with zero attached hydrogens (tertiary/aromatic N) is 1. The number of rotatable bonds is 4. The van der Waals surface area contributed by atoms with Crippen LogP contribution in [0.5, 0.6) is 0 Å². The molecule has 0 aromatic carbocycles. The summed E-state index contributed by atoms with van der Waals surface area (Å²) < 4.78 is 0. The normalized spacial score (nSPS) is 31.1. The lowest BCUT2D eigenvalue weighted by molar-refractivity contribution is 0.247. The Labute approximate surface area is 87.2 Å². The van der Waals surface area contributed by atoms with E-state index in [9.17, 15) is 0 Å². The standard InChI is InChI=1S/C11H23N3/c1-10(14-6-2-3-7-14)8-13-11-4-5-12-9-11/h10-13H,2-9H2,1H3. The zero-order valence-corrected chi connectivity index (χ0v) is 9.26. The van der Waals surface area contributed by atoms with E-state index >= 15 is 0 Å². The van der Waals surface area contributed by atoms with Crippen LogP contribution in [-0.4, -0.2) is 49.7 Å². The highest BCUT2D eigenvalue weighted by molar-refractivity contribution is 4.81. The van der Waals surface area contributed by atoms with Crippen molar-refractivity contribution in [2.75, 3.05) is 32.7 Å². The summed E-state index contributed by atoms with van der Waals surface area (Å²) in [5.74, 6) is 0. The van der Waals surface area contributed by atoms with Crippen LogP contribution in [0.25, 0.3) is 0 Å². The molecule has 14 heavy (non-hydrogen) atoms. The zero-order valence-electron chi connectivity index (χ0n) is 9.26. The Balaban J connectivity index is 1.63. The molecule has 3 heteroatoms. The topological polar surface area (TPSA) is 27.3 Å². The van der Waals surface area contributed by atoms with Gasteiger partial charge >= 0.3 is 0 Å². The molecule has 0 saturated carbocycles. The Morgan fingerprint density at radius 1 is 1.43 bits per heavy atom. The van der Waals surface area contributed by atoms with Crippen LogP contribution in [0.4, 0.5) is 0 Å². The van der Waals surface area contributed by atoms with Crippen molar-refractivity contribution in [3.05, 3.63) is 0 Å². The van der Waals surface area contributed by atoms with E-state index in [4.69, 9.17) is 0 Å². The summed E-state index contributed by atoms with van der Waals surface area (Å²) in [6.07, 6.45) is 4.09. The van der Waals surface area contributed by atoms with Crippen LogP contribution in [0, 0.1) is 0 Å². The molecule has 0 radical (unpaired) electrons. The van der Waals surface area contributed by atoms with E-state index in [2.05, 4.69) is 22.5 Å². The van der Waals surface area contributed by atoms with Gasteiger partial charge in [0.05, 0.1) is 0 Å². The Bertz CT molecular complexity index is 160. The Morgan fingerprint density at radius 2 is 2.21 bits per heavy atom. The first-order valence-corrected chi connectivity index (χ1v) is 6.04. The van der Waals surface area contributed by atoms with E-state index in [1.807, 2.05) is 0 Å². The molecule has 2 aliphatic heterocycles. The van der Waals surface area contributed by atoms with Gasteiger partial charge in [0.25, 0.3) is 0 Å². The summed E-state index contributed by atoms with van der Waals surface area (Å²) in [4.78, 5) is 2.61. The summed E-state index contributed by atoms with van der Waals surface area (Å²) in [5, 5.41) is 7.04. The fourth-order valence-corrected chi connectivity index (χ4v) is 2.48. The minimum absolute atomic E-state index is 0.720. The molecule has 2 unspecified atom stereocenters. The van der Waals surface area contributed by atoms with Gasteiger partial charge in [-0.25, -0.2) is 0 Å². The van der Waals surface area contributed by atoms with Gasteiger partial charge in [-0.3, -0.25) is 4.90 Å². The second-order valence-electron chi connectivity index (χ2n) is 4.69. The van der Waals surface area contributed by atoms with E-state index < -0.39 is 0 Å². The van der Waals surface area contributed by atoms with Gasteiger partial charge in [0, 0.05) is 25.2 Å². The van der Waals surface area contributed by atoms with Gasteiger partial charge < -0.3 is 10.6 Å². The van der Waals surface area contributed by atoms with E-state index in [0.29, 0.717) is 0 Å². The molecule has 2 N–H and O–H groups in total. The van der Waals surface area contributed by atoms with Gasteiger partial charge in [0.2, 0.25) is 0 Å². The van der Waals surface area contributed by atoms with Gasteiger partial charge in [0.1, 0.15) is 0 Å². The molecular formula is C11H23N3. The average molecular weight is 197 g/mol. The SMILES string of the molecule is CC(CNC1CCNC1)N1CCCC1. The first-order chi connectivity index (χ1) is 6.86. The lowest BCUT2D eigenvalue weighted by Crippen LogP contribution is -2.42. The van der Waals surface area contributed by atoms with Crippen LogP contribution in [0.1, 0.15) is 26.2 Å². The molecule has 2 heterocycles. The van der Waals surface area contributed by atoms with Gasteiger partial charge in [-0.1, -0.05) is 0 Å². The Kier molecular flexibility index (Phi) is 3.79. The van der Waals surface area contributed by atoms with Crippen molar-refractivity contribution in [2.45, 2.75) is 38.3 Å². The maximum Gasteiger partial charge on any atom is 0.0205 e. The minimum Gasteiger partial charge on any atom is -0.315 e. The molecule has 2 saturated heterocycles. The predicted molar refractivity (Wildman–Crippen MR) is 59.5 cm³/mol. The van der Waals surface area contributed by atoms with Gasteiger partial charge in [0.15, 0.2) is 0 Å². The summed E-state index contributed by atoms with van der Waals surface area (Å²) in [7, 11) is 0. The second kappa shape index (κ2) is 5.10.